The molecule has 1 aromatic heterocycles. The molecule has 28 heavy (non-hydrogen) atoms. The van der Waals surface area contributed by atoms with Gasteiger partial charge in [-0.1, -0.05) is 0 Å². The van der Waals surface area contributed by atoms with Gasteiger partial charge in [-0.05, 0) is 48.7 Å². The Kier molecular flexibility index (Phi) is 5.26. The van der Waals surface area contributed by atoms with E-state index in [1.165, 1.54) is 36.4 Å². The first kappa shape index (κ1) is 20.4. The molecule has 148 valence electrons. The van der Waals surface area contributed by atoms with Gasteiger partial charge in [-0.25, -0.2) is 22.9 Å². The monoisotopic (exact) mass is 431 g/mol. The molecule has 3 rings (SSSR count). The molecule has 0 saturated heterocycles. The van der Waals surface area contributed by atoms with Crippen molar-refractivity contribution in [2.75, 3.05) is 6.26 Å². The number of alkyl halides is 3. The van der Waals surface area contributed by atoms with Crippen LogP contribution in [0.25, 0.3) is 17.1 Å². The lowest BCUT2D eigenvalue weighted by Crippen LogP contribution is -2.12. The van der Waals surface area contributed by atoms with Crippen LogP contribution in [0.15, 0.2) is 58.5 Å². The van der Waals surface area contributed by atoms with E-state index in [0.29, 0.717) is 4.90 Å². The highest BCUT2D eigenvalue weighted by Crippen LogP contribution is 2.33. The summed E-state index contributed by atoms with van der Waals surface area (Å²) in [5, 5.41) is 5.03. The maximum Gasteiger partial charge on any atom is 0.434 e. The number of rotatable bonds is 4. The number of nitrogens with two attached hydrogens (primary N) is 1. The Morgan fingerprint density at radius 1 is 1.11 bits per heavy atom. The van der Waals surface area contributed by atoms with Gasteiger partial charge in [0, 0.05) is 22.3 Å². The van der Waals surface area contributed by atoms with E-state index in [1.54, 1.807) is 6.26 Å². The minimum atomic E-state index is -4.71. The van der Waals surface area contributed by atoms with Crippen LogP contribution in [-0.2, 0) is 16.2 Å². The zero-order valence-electron chi connectivity index (χ0n) is 14.2. The highest BCUT2D eigenvalue weighted by Gasteiger charge is 2.35. The quantitative estimate of drug-likeness (QED) is 0.499. The second-order valence-corrected chi connectivity index (χ2v) is 8.12. The molecule has 0 amide bonds. The summed E-state index contributed by atoms with van der Waals surface area (Å²) >= 11 is 1.16. The Morgan fingerprint density at radius 2 is 1.75 bits per heavy atom. The van der Waals surface area contributed by atoms with Gasteiger partial charge in [0.1, 0.15) is 11.6 Å². The molecule has 0 unspecified atom stereocenters. The van der Waals surface area contributed by atoms with Crippen LogP contribution >= 0.6 is 11.8 Å². The smallest absolute Gasteiger partial charge is 0.299 e. The van der Waals surface area contributed by atoms with Crippen LogP contribution in [0.3, 0.4) is 0 Å². The molecule has 0 atom stereocenters. The standard InChI is InChI=1S/C17H13F4N3O2S2/c1-27-14-7-2-10(8-13(14)18)16-23-15(17(19,20)21)9-24(16)11-3-5-12(6-4-11)28(22,25)26/h2-9H,1H3,(H2,22,25,26). The number of aromatic nitrogens is 2. The molecule has 0 spiro atoms. The number of hydrogen-bond donors (Lipinski definition) is 1. The van der Waals surface area contributed by atoms with Crippen LogP contribution in [0.4, 0.5) is 17.6 Å². The molecule has 0 radical (unpaired) electrons. The van der Waals surface area contributed by atoms with Crippen molar-refractivity contribution in [2.24, 2.45) is 5.14 Å². The number of primary sulfonamides is 1. The zero-order chi connectivity index (χ0) is 20.7. The normalized spacial score (nSPS) is 12.4. The van der Waals surface area contributed by atoms with Crippen LogP contribution in [0.1, 0.15) is 5.69 Å². The number of imidazole rings is 1. The summed E-state index contributed by atoms with van der Waals surface area (Å²) in [6, 6.07) is 8.93. The molecule has 0 fully saturated rings. The number of nitrogens with zero attached hydrogens (tertiary/aromatic N) is 2. The van der Waals surface area contributed by atoms with Crippen molar-refractivity contribution >= 4 is 21.8 Å². The lowest BCUT2D eigenvalue weighted by atomic mass is 10.2. The van der Waals surface area contributed by atoms with Crippen LogP contribution < -0.4 is 5.14 Å². The SMILES string of the molecule is CSc1ccc(-c2nc(C(F)(F)F)cn2-c2ccc(S(N)(=O)=O)cc2)cc1F. The number of halogens is 4. The average Bonchev–Trinajstić information content (AvgIpc) is 3.07. The van der Waals surface area contributed by atoms with E-state index in [-0.39, 0.29) is 22.0 Å². The van der Waals surface area contributed by atoms with Gasteiger partial charge in [-0.3, -0.25) is 4.57 Å². The van der Waals surface area contributed by atoms with Gasteiger partial charge in [0.05, 0.1) is 4.90 Å². The summed E-state index contributed by atoms with van der Waals surface area (Å²) in [5.74, 6) is -0.722. The summed E-state index contributed by atoms with van der Waals surface area (Å²) in [6.07, 6.45) is -2.27. The molecule has 0 saturated carbocycles. The van der Waals surface area contributed by atoms with Crippen LogP contribution in [0.2, 0.25) is 0 Å². The first-order chi connectivity index (χ1) is 13.0. The van der Waals surface area contributed by atoms with Crippen molar-refractivity contribution in [3.05, 3.63) is 60.2 Å². The molecule has 11 heteroatoms. The van der Waals surface area contributed by atoms with E-state index in [9.17, 15) is 26.0 Å². The number of sulfonamides is 1. The summed E-state index contributed by atoms with van der Waals surface area (Å²) in [6.45, 7) is 0. The highest BCUT2D eigenvalue weighted by molar-refractivity contribution is 7.98. The van der Waals surface area contributed by atoms with Crippen LogP contribution in [-0.4, -0.2) is 24.2 Å². The van der Waals surface area contributed by atoms with E-state index in [4.69, 9.17) is 5.14 Å². The van der Waals surface area contributed by atoms with E-state index in [2.05, 4.69) is 4.98 Å². The molecule has 5 nitrogen and oxygen atoms in total. The number of thioether (sulfide) groups is 1. The summed E-state index contributed by atoms with van der Waals surface area (Å²) < 4.78 is 77.5. The minimum Gasteiger partial charge on any atom is -0.299 e. The van der Waals surface area contributed by atoms with Gasteiger partial charge in [-0.2, -0.15) is 13.2 Å². The van der Waals surface area contributed by atoms with Crippen LogP contribution in [0.5, 0.6) is 0 Å². The third kappa shape index (κ3) is 4.05. The van der Waals surface area contributed by atoms with Gasteiger partial charge >= 0.3 is 6.18 Å². The van der Waals surface area contributed by atoms with Gasteiger partial charge in [0.15, 0.2) is 5.69 Å². The Labute approximate surface area is 162 Å². The predicted molar refractivity (Wildman–Crippen MR) is 97.1 cm³/mol. The molecule has 0 aliphatic carbocycles. The zero-order valence-corrected chi connectivity index (χ0v) is 15.9. The fourth-order valence-corrected chi connectivity index (χ4v) is 3.49. The fraction of sp³-hybridized carbons (Fsp3) is 0.118. The van der Waals surface area contributed by atoms with Gasteiger partial charge < -0.3 is 0 Å². The maximum atomic E-state index is 14.1. The van der Waals surface area contributed by atoms with Gasteiger partial charge in [-0.15, -0.1) is 11.8 Å². The van der Waals surface area contributed by atoms with E-state index < -0.39 is 27.7 Å². The molecule has 1 heterocycles. The molecule has 0 aliphatic heterocycles. The number of benzene rings is 2. The Balaban J connectivity index is 2.18. The first-order valence-corrected chi connectivity index (χ1v) is 10.4. The summed E-state index contributed by atoms with van der Waals surface area (Å²) in [7, 11) is -3.95. The third-order valence-corrected chi connectivity index (χ3v) is 5.55. The van der Waals surface area contributed by atoms with Crippen molar-refractivity contribution in [1.29, 1.82) is 0 Å². The summed E-state index contributed by atoms with van der Waals surface area (Å²) in [5.41, 5.74) is -0.812. The molecule has 2 aromatic carbocycles. The molecule has 0 bridgehead atoms. The Bertz CT molecular complexity index is 1120. The minimum absolute atomic E-state index is 0.137. The van der Waals surface area contributed by atoms with Gasteiger partial charge in [0.25, 0.3) is 0 Å². The second-order valence-electron chi connectivity index (χ2n) is 5.71. The van der Waals surface area contributed by atoms with E-state index in [0.717, 1.165) is 28.6 Å². The van der Waals surface area contributed by atoms with Crippen molar-refractivity contribution in [2.45, 2.75) is 16.0 Å². The topological polar surface area (TPSA) is 78.0 Å². The average molecular weight is 431 g/mol. The van der Waals surface area contributed by atoms with Crippen molar-refractivity contribution in [3.8, 4) is 17.1 Å². The van der Waals surface area contributed by atoms with Crippen molar-refractivity contribution < 1.29 is 26.0 Å². The molecular weight excluding hydrogens is 418 g/mol. The molecule has 0 aliphatic rings. The van der Waals surface area contributed by atoms with Crippen molar-refractivity contribution in [1.82, 2.24) is 9.55 Å². The summed E-state index contributed by atoms with van der Waals surface area (Å²) in [4.78, 5) is 3.77. The number of hydrogen-bond acceptors (Lipinski definition) is 4. The molecule has 2 N–H and O–H groups in total. The molecular formula is C17H13F4N3O2S2. The van der Waals surface area contributed by atoms with E-state index in [1.807, 2.05) is 0 Å². The first-order valence-electron chi connectivity index (χ1n) is 7.64. The van der Waals surface area contributed by atoms with Gasteiger partial charge in [0.2, 0.25) is 10.0 Å². The largest absolute Gasteiger partial charge is 0.434 e. The maximum absolute atomic E-state index is 14.1. The van der Waals surface area contributed by atoms with Crippen molar-refractivity contribution in [3.63, 3.8) is 0 Å². The van der Waals surface area contributed by atoms with E-state index >= 15 is 0 Å². The molecule has 3 aromatic rings. The highest BCUT2D eigenvalue weighted by atomic mass is 32.2. The predicted octanol–water partition coefficient (Wildman–Crippen LogP) is 4.07. The lowest BCUT2D eigenvalue weighted by Gasteiger charge is -2.09. The fourth-order valence-electron chi connectivity index (χ4n) is 2.52. The Hall–Kier alpha value is -2.37. The lowest BCUT2D eigenvalue weighted by molar-refractivity contribution is -0.140. The Morgan fingerprint density at radius 3 is 2.25 bits per heavy atom. The van der Waals surface area contributed by atoms with Crippen LogP contribution in [0, 0.1) is 5.82 Å². The second kappa shape index (κ2) is 7.22. The third-order valence-electron chi connectivity index (χ3n) is 3.85.